The molecule has 1 aromatic carbocycles. The Bertz CT molecular complexity index is 1120. The monoisotopic (exact) mass is 401 g/mol. The third kappa shape index (κ3) is 3.05. The Kier molecular flexibility index (Phi) is 4.83. The first-order valence-corrected chi connectivity index (χ1v) is 9.75. The first-order chi connectivity index (χ1) is 13.5. The Hall–Kier alpha value is -2.47. The van der Waals surface area contributed by atoms with E-state index in [0.717, 1.165) is 19.3 Å². The lowest BCUT2D eigenvalue weighted by Gasteiger charge is -2.21. The number of ether oxygens (including phenoxy) is 1. The summed E-state index contributed by atoms with van der Waals surface area (Å²) in [6, 6.07) is 4.64. The van der Waals surface area contributed by atoms with Crippen molar-refractivity contribution in [2.45, 2.75) is 39.2 Å². The van der Waals surface area contributed by atoms with Crippen LogP contribution in [-0.4, -0.2) is 21.6 Å². The van der Waals surface area contributed by atoms with Crippen LogP contribution in [-0.2, 0) is 0 Å². The van der Waals surface area contributed by atoms with Crippen molar-refractivity contribution in [1.82, 2.24) is 14.5 Å². The number of methoxy groups -OCH3 is 1. The van der Waals surface area contributed by atoms with Gasteiger partial charge in [-0.25, -0.2) is 9.37 Å². The third-order valence-electron chi connectivity index (χ3n) is 5.38. The van der Waals surface area contributed by atoms with Gasteiger partial charge in [-0.2, -0.15) is 0 Å². The summed E-state index contributed by atoms with van der Waals surface area (Å²) >= 11 is 6.39. The third-order valence-corrected chi connectivity index (χ3v) is 5.70. The summed E-state index contributed by atoms with van der Waals surface area (Å²) in [5.74, 6) is 0.0383. The minimum absolute atomic E-state index is 0.0646. The molecule has 1 aliphatic carbocycles. The van der Waals surface area contributed by atoms with E-state index in [-0.39, 0.29) is 17.4 Å². The normalized spacial score (nSPS) is 15.0. The van der Waals surface area contributed by atoms with Crippen LogP contribution in [0.1, 0.15) is 37.9 Å². The van der Waals surface area contributed by atoms with Gasteiger partial charge >= 0.3 is 0 Å². The number of nitrogens with zero attached hydrogens (tertiary/aromatic N) is 3. The Labute approximate surface area is 167 Å². The second kappa shape index (κ2) is 7.17. The van der Waals surface area contributed by atoms with Crippen LogP contribution >= 0.6 is 11.6 Å². The highest BCUT2D eigenvalue weighted by molar-refractivity contribution is 6.33. The summed E-state index contributed by atoms with van der Waals surface area (Å²) in [5.41, 5.74) is 2.42. The molecule has 1 fully saturated rings. The Morgan fingerprint density at radius 1 is 1.39 bits per heavy atom. The molecule has 0 N–H and O–H groups in total. The molecule has 0 saturated heterocycles. The quantitative estimate of drug-likeness (QED) is 0.608. The van der Waals surface area contributed by atoms with E-state index in [9.17, 15) is 9.18 Å². The van der Waals surface area contributed by atoms with Crippen LogP contribution in [0.2, 0.25) is 5.02 Å². The maximum Gasteiger partial charge on any atom is 0.272 e. The fourth-order valence-electron chi connectivity index (χ4n) is 3.85. The second-order valence-electron chi connectivity index (χ2n) is 7.18. The van der Waals surface area contributed by atoms with Gasteiger partial charge in [0.05, 0.1) is 23.3 Å². The zero-order valence-electron chi connectivity index (χ0n) is 16.0. The SMILES string of the molecule is CC[C@H](C1CC1)n1c(=O)c(C)nc2c(-c3cc(F)c(OC)cc3Cl)nccc21. The van der Waals surface area contributed by atoms with E-state index in [0.29, 0.717) is 38.9 Å². The molecule has 1 saturated carbocycles. The molecular weight excluding hydrogens is 381 g/mol. The smallest absolute Gasteiger partial charge is 0.272 e. The van der Waals surface area contributed by atoms with Crippen LogP contribution in [0.15, 0.2) is 29.2 Å². The molecule has 0 bridgehead atoms. The van der Waals surface area contributed by atoms with Gasteiger partial charge in [0.25, 0.3) is 5.56 Å². The Morgan fingerprint density at radius 2 is 2.14 bits per heavy atom. The predicted octanol–water partition coefficient (Wildman–Crippen LogP) is 4.93. The highest BCUT2D eigenvalue weighted by atomic mass is 35.5. The molecule has 2 aromatic heterocycles. The minimum atomic E-state index is -0.532. The first-order valence-electron chi connectivity index (χ1n) is 9.37. The summed E-state index contributed by atoms with van der Waals surface area (Å²) in [6.07, 6.45) is 4.73. The lowest BCUT2D eigenvalue weighted by Crippen LogP contribution is -2.29. The molecule has 0 spiro atoms. The molecule has 0 aliphatic heterocycles. The van der Waals surface area contributed by atoms with Crippen LogP contribution in [0.4, 0.5) is 4.39 Å². The van der Waals surface area contributed by atoms with E-state index >= 15 is 0 Å². The summed E-state index contributed by atoms with van der Waals surface area (Å²) in [7, 11) is 1.39. The zero-order valence-corrected chi connectivity index (χ0v) is 16.8. The van der Waals surface area contributed by atoms with Crippen LogP contribution in [0.3, 0.4) is 0 Å². The van der Waals surface area contributed by atoms with Crippen molar-refractivity contribution in [3.63, 3.8) is 0 Å². The molecule has 1 atom stereocenters. The van der Waals surface area contributed by atoms with E-state index in [1.807, 2.05) is 4.57 Å². The molecule has 146 valence electrons. The fraction of sp³-hybridized carbons (Fsp3) is 0.381. The number of hydrogen-bond donors (Lipinski definition) is 0. The second-order valence-corrected chi connectivity index (χ2v) is 7.59. The van der Waals surface area contributed by atoms with E-state index in [1.165, 1.54) is 19.2 Å². The summed E-state index contributed by atoms with van der Waals surface area (Å²) in [5, 5.41) is 0.310. The van der Waals surface area contributed by atoms with Crippen LogP contribution in [0, 0.1) is 18.7 Å². The van der Waals surface area contributed by atoms with Gasteiger partial charge in [0.2, 0.25) is 0 Å². The van der Waals surface area contributed by atoms with Gasteiger partial charge in [0, 0.05) is 23.9 Å². The molecule has 28 heavy (non-hydrogen) atoms. The lowest BCUT2D eigenvalue weighted by atomic mass is 10.1. The Morgan fingerprint density at radius 3 is 2.79 bits per heavy atom. The van der Waals surface area contributed by atoms with Gasteiger partial charge in [0.15, 0.2) is 11.6 Å². The van der Waals surface area contributed by atoms with Crippen molar-refractivity contribution in [3.8, 4) is 17.0 Å². The fourth-order valence-corrected chi connectivity index (χ4v) is 4.09. The van der Waals surface area contributed by atoms with Gasteiger partial charge in [-0.15, -0.1) is 0 Å². The van der Waals surface area contributed by atoms with Crippen molar-refractivity contribution in [3.05, 3.63) is 51.3 Å². The van der Waals surface area contributed by atoms with E-state index < -0.39 is 5.82 Å². The highest BCUT2D eigenvalue weighted by Crippen LogP contribution is 2.42. The molecule has 0 amide bonds. The number of benzene rings is 1. The van der Waals surface area contributed by atoms with Crippen molar-refractivity contribution in [2.24, 2.45) is 5.92 Å². The topological polar surface area (TPSA) is 57.0 Å². The maximum atomic E-state index is 14.3. The molecule has 4 rings (SSSR count). The molecular formula is C21H21ClFN3O2. The molecule has 3 aromatic rings. The average Bonchev–Trinajstić information content (AvgIpc) is 3.51. The van der Waals surface area contributed by atoms with Gasteiger partial charge < -0.3 is 9.30 Å². The van der Waals surface area contributed by atoms with Gasteiger partial charge in [-0.05, 0) is 44.2 Å². The van der Waals surface area contributed by atoms with E-state index in [4.69, 9.17) is 16.3 Å². The minimum Gasteiger partial charge on any atom is -0.494 e. The molecule has 1 aliphatic rings. The lowest BCUT2D eigenvalue weighted by molar-refractivity contribution is 0.386. The van der Waals surface area contributed by atoms with Crippen LogP contribution in [0.5, 0.6) is 5.75 Å². The Balaban J connectivity index is 2.01. The van der Waals surface area contributed by atoms with Gasteiger partial charge in [-0.3, -0.25) is 9.78 Å². The largest absolute Gasteiger partial charge is 0.494 e. The molecule has 2 heterocycles. The summed E-state index contributed by atoms with van der Waals surface area (Å²) < 4.78 is 21.2. The number of aromatic nitrogens is 3. The van der Waals surface area contributed by atoms with E-state index in [1.54, 1.807) is 19.2 Å². The molecule has 0 radical (unpaired) electrons. The number of hydrogen-bond acceptors (Lipinski definition) is 4. The van der Waals surface area contributed by atoms with Crippen LogP contribution < -0.4 is 10.3 Å². The summed E-state index contributed by atoms with van der Waals surface area (Å²) in [4.78, 5) is 21.9. The summed E-state index contributed by atoms with van der Waals surface area (Å²) in [6.45, 7) is 3.79. The number of aryl methyl sites for hydroxylation is 1. The van der Waals surface area contributed by atoms with Crippen molar-refractivity contribution in [1.29, 1.82) is 0 Å². The van der Waals surface area contributed by atoms with Gasteiger partial charge in [-0.1, -0.05) is 18.5 Å². The van der Waals surface area contributed by atoms with Gasteiger partial charge in [0.1, 0.15) is 11.2 Å². The maximum absolute atomic E-state index is 14.3. The average molecular weight is 402 g/mol. The standard InChI is InChI=1S/C21H21ClFN3O2/c1-4-16(12-5-6-12)26-17-7-8-24-19(20(17)25-11(2)21(26)27)13-9-15(23)18(28-3)10-14(13)22/h7-10,12,16H,4-6H2,1-3H3/t16-/m1/s1. The number of halogens is 2. The number of rotatable bonds is 5. The molecule has 5 nitrogen and oxygen atoms in total. The number of pyridine rings is 1. The zero-order chi connectivity index (χ0) is 20.0. The predicted molar refractivity (Wildman–Crippen MR) is 108 cm³/mol. The van der Waals surface area contributed by atoms with Crippen LogP contribution in [0.25, 0.3) is 22.3 Å². The molecule has 7 heteroatoms. The first kappa shape index (κ1) is 18.9. The molecule has 0 unspecified atom stereocenters. The highest BCUT2D eigenvalue weighted by Gasteiger charge is 2.33. The van der Waals surface area contributed by atoms with Crippen molar-refractivity contribution < 1.29 is 9.13 Å². The van der Waals surface area contributed by atoms with E-state index in [2.05, 4.69) is 16.9 Å². The van der Waals surface area contributed by atoms with Crippen molar-refractivity contribution in [2.75, 3.05) is 7.11 Å². The van der Waals surface area contributed by atoms with Crippen molar-refractivity contribution >= 4 is 22.6 Å². The number of fused-ring (bicyclic) bond motifs is 1.